The molecule has 0 aromatic heterocycles. The number of guanidine groups is 1. The zero-order chi connectivity index (χ0) is 14.6. The fourth-order valence-corrected chi connectivity index (χ4v) is 0.899. The maximum absolute atomic E-state index is 7.74. The summed E-state index contributed by atoms with van der Waals surface area (Å²) in [6.07, 6.45) is 0.0320. The second kappa shape index (κ2) is 5.80. The van der Waals surface area contributed by atoms with Crippen LogP contribution < -0.4 is 11.5 Å². The number of amidine groups is 1. The fraction of sp³-hybridized carbons (Fsp3) is 0.273. The van der Waals surface area contributed by atoms with Gasteiger partial charge in [0.25, 0.3) is 0 Å². The van der Waals surface area contributed by atoms with Crippen molar-refractivity contribution < 1.29 is 5.48 Å². The van der Waals surface area contributed by atoms with Gasteiger partial charge in [0.15, 0.2) is 0 Å². The number of rotatable bonds is 3. The molecule has 0 amide bonds. The summed E-state index contributed by atoms with van der Waals surface area (Å²) in [5, 5.41) is 0. The molecule has 4 heteroatoms. The Morgan fingerprint density at radius 2 is 2.27 bits per heavy atom. The van der Waals surface area contributed by atoms with E-state index in [1.54, 1.807) is 6.92 Å². The minimum Gasteiger partial charge on any atom is -0.387 e. The van der Waals surface area contributed by atoms with Crippen molar-refractivity contribution in [2.45, 2.75) is 13.3 Å². The van der Waals surface area contributed by atoms with Crippen molar-refractivity contribution in [1.29, 1.82) is 0 Å². The summed E-state index contributed by atoms with van der Waals surface area (Å²) in [6.45, 7) is 0.562. The van der Waals surface area contributed by atoms with Crippen LogP contribution in [0.5, 0.6) is 0 Å². The monoisotopic (exact) mass is 208 g/mol. The van der Waals surface area contributed by atoms with Crippen molar-refractivity contribution in [3.63, 3.8) is 0 Å². The lowest BCUT2D eigenvalue weighted by Crippen LogP contribution is -2.16. The first kappa shape index (κ1) is 6.61. The molecule has 1 aromatic rings. The number of nitrogens with two attached hydrogens (primary N) is 2. The van der Waals surface area contributed by atoms with E-state index in [2.05, 4.69) is 9.98 Å². The minimum absolute atomic E-state index is 0.0194. The van der Waals surface area contributed by atoms with E-state index in [0.29, 0.717) is 5.56 Å². The molecule has 0 bridgehead atoms. The van der Waals surface area contributed by atoms with Crippen LogP contribution in [0, 0.1) is 0 Å². The van der Waals surface area contributed by atoms with Crippen LogP contribution in [0.2, 0.25) is 0 Å². The molecule has 4 nitrogen and oxygen atoms in total. The van der Waals surface area contributed by atoms with E-state index in [9.17, 15) is 0 Å². The number of hydrogen-bond donors (Lipinski definition) is 2. The van der Waals surface area contributed by atoms with Gasteiger partial charge in [-0.1, -0.05) is 30.3 Å². The van der Waals surface area contributed by atoms with Crippen molar-refractivity contribution in [1.82, 2.24) is 0 Å². The third-order valence-corrected chi connectivity index (χ3v) is 1.46. The Bertz CT molecular complexity index is 524. The first-order valence-corrected chi connectivity index (χ1v) is 4.43. The van der Waals surface area contributed by atoms with E-state index in [1.807, 2.05) is 0 Å². The van der Waals surface area contributed by atoms with E-state index < -0.39 is 6.52 Å². The largest absolute Gasteiger partial charge is 0.387 e. The van der Waals surface area contributed by atoms with Crippen LogP contribution in [0.25, 0.3) is 0 Å². The van der Waals surface area contributed by atoms with Gasteiger partial charge in [-0.15, -0.1) is 0 Å². The van der Waals surface area contributed by atoms with Crippen molar-refractivity contribution in [2.75, 3.05) is 6.52 Å². The fourth-order valence-electron chi connectivity index (χ4n) is 0.899. The van der Waals surface area contributed by atoms with Gasteiger partial charge >= 0.3 is 0 Å². The standard InChI is InChI=1S/C11H16N4/c1-9(12)15-11(13)14-8-7-10-5-3-2-4-6-10/h2-6H,7-8H2,1H3,(H4,12,13,14,15)/i3D,5D,6D,8D. The maximum atomic E-state index is 7.74. The number of aliphatic imine (C=N–C) groups is 2. The van der Waals surface area contributed by atoms with Crippen molar-refractivity contribution in [2.24, 2.45) is 21.5 Å². The molecule has 0 spiro atoms. The lowest BCUT2D eigenvalue weighted by atomic mass is 10.2. The molecule has 0 aliphatic rings. The van der Waals surface area contributed by atoms with Gasteiger partial charge in [-0.3, -0.25) is 4.99 Å². The molecule has 4 N–H and O–H groups in total. The average Bonchev–Trinajstić information content (AvgIpc) is 2.28. The van der Waals surface area contributed by atoms with E-state index >= 15 is 0 Å². The third kappa shape index (κ3) is 4.81. The summed E-state index contributed by atoms with van der Waals surface area (Å²) in [4.78, 5) is 7.48. The molecule has 0 aliphatic carbocycles. The van der Waals surface area contributed by atoms with Gasteiger partial charge in [0.2, 0.25) is 5.96 Å². The summed E-state index contributed by atoms with van der Waals surface area (Å²) < 4.78 is 30.6. The third-order valence-electron chi connectivity index (χ3n) is 1.46. The highest BCUT2D eigenvalue weighted by Crippen LogP contribution is 1.99. The van der Waals surface area contributed by atoms with Crippen molar-refractivity contribution in [3.8, 4) is 0 Å². The molecule has 1 atom stereocenters. The Hall–Kier alpha value is -1.84. The molecule has 80 valence electrons. The summed E-state index contributed by atoms with van der Waals surface area (Å²) in [5.41, 5.74) is 11.1. The zero-order valence-electron chi connectivity index (χ0n) is 12.5. The smallest absolute Gasteiger partial charge is 0.216 e. The molecule has 0 radical (unpaired) electrons. The SMILES string of the molecule is [2H]c1ccc([2H])c(CC([2H])N=C(N)N=C(C)N)c1[2H]. The summed E-state index contributed by atoms with van der Waals surface area (Å²) >= 11 is 0. The second-order valence-electron chi connectivity index (χ2n) is 2.85. The van der Waals surface area contributed by atoms with Crippen LogP contribution in [-0.4, -0.2) is 18.3 Å². The highest BCUT2D eigenvalue weighted by atomic mass is 15.1. The Morgan fingerprint density at radius 1 is 1.47 bits per heavy atom. The first-order valence-electron chi connectivity index (χ1n) is 6.51. The molecule has 1 unspecified atom stereocenters. The molecular formula is C11H16N4. The topological polar surface area (TPSA) is 76.8 Å². The van der Waals surface area contributed by atoms with Crippen LogP contribution in [0.3, 0.4) is 0 Å². The van der Waals surface area contributed by atoms with Gasteiger partial charge in [-0.05, 0) is 18.9 Å². The quantitative estimate of drug-likeness (QED) is 0.572. The summed E-state index contributed by atoms with van der Waals surface area (Å²) in [7, 11) is 0. The van der Waals surface area contributed by atoms with Crippen LogP contribution in [0.15, 0.2) is 40.2 Å². The normalized spacial score (nSPS) is 18.7. The van der Waals surface area contributed by atoms with Crippen LogP contribution >= 0.6 is 0 Å². The highest BCUT2D eigenvalue weighted by molar-refractivity contribution is 5.93. The first-order chi connectivity index (χ1) is 8.81. The van der Waals surface area contributed by atoms with Crippen LogP contribution in [0.4, 0.5) is 0 Å². The Balaban J connectivity index is 2.92. The highest BCUT2D eigenvalue weighted by Gasteiger charge is 1.91. The number of hydrogen-bond acceptors (Lipinski definition) is 1. The van der Waals surface area contributed by atoms with E-state index in [4.69, 9.17) is 17.0 Å². The molecule has 0 heterocycles. The van der Waals surface area contributed by atoms with Gasteiger partial charge in [0, 0.05) is 6.52 Å². The lowest BCUT2D eigenvalue weighted by Gasteiger charge is -1.97. The summed E-state index contributed by atoms with van der Waals surface area (Å²) in [5.74, 6) is 0.129. The Morgan fingerprint density at radius 3 is 3.00 bits per heavy atom. The van der Waals surface area contributed by atoms with Gasteiger partial charge in [-0.2, -0.15) is 0 Å². The van der Waals surface area contributed by atoms with Gasteiger partial charge < -0.3 is 11.5 Å². The van der Waals surface area contributed by atoms with Gasteiger partial charge in [0.1, 0.15) is 0 Å². The zero-order valence-corrected chi connectivity index (χ0v) is 8.49. The molecule has 1 aromatic carbocycles. The van der Waals surface area contributed by atoms with E-state index in [0.717, 1.165) is 0 Å². The molecule has 0 saturated carbocycles. The van der Waals surface area contributed by atoms with Gasteiger partial charge in [-0.25, -0.2) is 4.99 Å². The maximum Gasteiger partial charge on any atom is 0.216 e. The van der Waals surface area contributed by atoms with Crippen LogP contribution in [0.1, 0.15) is 18.0 Å². The van der Waals surface area contributed by atoms with Crippen molar-refractivity contribution in [3.05, 3.63) is 35.8 Å². The van der Waals surface area contributed by atoms with Crippen molar-refractivity contribution >= 4 is 11.8 Å². The van der Waals surface area contributed by atoms with E-state index in [-0.39, 0.29) is 36.3 Å². The Labute approximate surface area is 95.3 Å². The average molecular weight is 208 g/mol. The predicted octanol–water partition coefficient (Wildman–Crippen LogP) is 0.921. The lowest BCUT2D eigenvalue weighted by molar-refractivity contribution is 0.962. The molecule has 0 saturated heterocycles. The second-order valence-corrected chi connectivity index (χ2v) is 2.85. The Kier molecular flexibility index (Phi) is 2.55. The molecule has 1 rings (SSSR count). The molecule has 0 fully saturated rings. The van der Waals surface area contributed by atoms with Gasteiger partial charge in [0.05, 0.1) is 11.3 Å². The molecule has 0 aliphatic heterocycles. The summed E-state index contributed by atoms with van der Waals surface area (Å²) in [6, 6.07) is 2.89. The predicted molar refractivity (Wildman–Crippen MR) is 63.9 cm³/mol. The van der Waals surface area contributed by atoms with Crippen LogP contribution in [-0.2, 0) is 6.42 Å². The number of nitrogens with zero attached hydrogens (tertiary/aromatic N) is 2. The molecular weight excluding hydrogens is 188 g/mol. The molecule has 15 heavy (non-hydrogen) atoms. The minimum atomic E-state index is -0.988. The number of benzene rings is 1. The van der Waals surface area contributed by atoms with E-state index in [1.165, 1.54) is 12.1 Å².